The van der Waals surface area contributed by atoms with Crippen LogP contribution in [0, 0.1) is 13.8 Å². The second-order valence-corrected chi connectivity index (χ2v) is 5.61. The fourth-order valence-electron chi connectivity index (χ4n) is 2.61. The van der Waals surface area contributed by atoms with Crippen LogP contribution in [0.1, 0.15) is 21.7 Å². The average molecular weight is 335 g/mol. The summed E-state index contributed by atoms with van der Waals surface area (Å²) in [6, 6.07) is 8.23. The minimum atomic E-state index is -1.01. The Morgan fingerprint density at radius 3 is 2.76 bits per heavy atom. The second kappa shape index (κ2) is 5.52. The Morgan fingerprint density at radius 2 is 1.96 bits per heavy atom. The minimum Gasteiger partial charge on any atom is -0.478 e. The molecule has 0 radical (unpaired) electrons. The maximum Gasteiger partial charge on any atom is 0.335 e. The van der Waals surface area contributed by atoms with Gasteiger partial charge in [0, 0.05) is 17.8 Å². The van der Waals surface area contributed by atoms with Gasteiger partial charge in [0.05, 0.1) is 22.5 Å². The molecule has 0 unspecified atom stereocenters. The van der Waals surface area contributed by atoms with Gasteiger partial charge in [0.15, 0.2) is 5.65 Å². The summed E-state index contributed by atoms with van der Waals surface area (Å²) in [6.07, 6.45) is 1.66. The molecule has 3 heterocycles. The zero-order valence-electron chi connectivity index (χ0n) is 13.5. The van der Waals surface area contributed by atoms with Crippen molar-refractivity contribution in [1.29, 1.82) is 0 Å². The number of aryl methyl sites for hydroxylation is 2. The lowest BCUT2D eigenvalue weighted by molar-refractivity contribution is 0.0697. The normalized spacial score (nSPS) is 11.1. The van der Waals surface area contributed by atoms with Crippen molar-refractivity contribution >= 4 is 11.6 Å². The van der Waals surface area contributed by atoms with Crippen molar-refractivity contribution in [3.8, 4) is 22.9 Å². The van der Waals surface area contributed by atoms with Crippen LogP contribution in [0.3, 0.4) is 0 Å². The lowest BCUT2D eigenvalue weighted by Gasteiger charge is -2.03. The summed E-state index contributed by atoms with van der Waals surface area (Å²) in [7, 11) is 0. The fraction of sp³-hybridized carbons (Fsp3) is 0.118. The highest BCUT2D eigenvalue weighted by atomic mass is 16.4. The molecule has 3 aromatic heterocycles. The third kappa shape index (κ3) is 2.53. The van der Waals surface area contributed by atoms with Crippen molar-refractivity contribution in [1.82, 2.24) is 24.8 Å². The van der Waals surface area contributed by atoms with Crippen LogP contribution >= 0.6 is 0 Å². The molecular weight excluding hydrogens is 322 g/mol. The van der Waals surface area contributed by atoms with Gasteiger partial charge in [-0.3, -0.25) is 0 Å². The third-order valence-corrected chi connectivity index (χ3v) is 3.86. The number of aromatic nitrogens is 5. The SMILES string of the molecule is Cc1cc2ncc(-c3nnc(-c4cccc(C(=O)O)c4)o3)c(C)n2n1. The number of nitrogens with zero attached hydrogens (tertiary/aromatic N) is 5. The number of rotatable bonds is 3. The van der Waals surface area contributed by atoms with Gasteiger partial charge >= 0.3 is 5.97 Å². The molecule has 0 fully saturated rings. The van der Waals surface area contributed by atoms with Crippen molar-refractivity contribution in [3.05, 3.63) is 53.5 Å². The number of hydrogen-bond acceptors (Lipinski definition) is 6. The molecule has 1 N–H and O–H groups in total. The molecule has 0 spiro atoms. The summed E-state index contributed by atoms with van der Waals surface area (Å²) >= 11 is 0. The Hall–Kier alpha value is -3.55. The van der Waals surface area contributed by atoms with E-state index in [2.05, 4.69) is 20.3 Å². The van der Waals surface area contributed by atoms with Crippen molar-refractivity contribution in [2.45, 2.75) is 13.8 Å². The van der Waals surface area contributed by atoms with Crippen LogP contribution in [0.2, 0.25) is 0 Å². The molecule has 124 valence electrons. The van der Waals surface area contributed by atoms with Gasteiger partial charge in [-0.25, -0.2) is 14.3 Å². The van der Waals surface area contributed by atoms with Gasteiger partial charge in [-0.15, -0.1) is 10.2 Å². The smallest absolute Gasteiger partial charge is 0.335 e. The first-order valence-electron chi connectivity index (χ1n) is 7.52. The van der Waals surface area contributed by atoms with Crippen molar-refractivity contribution in [2.24, 2.45) is 0 Å². The van der Waals surface area contributed by atoms with E-state index in [4.69, 9.17) is 9.52 Å². The number of benzene rings is 1. The van der Waals surface area contributed by atoms with E-state index in [0.717, 1.165) is 17.0 Å². The summed E-state index contributed by atoms with van der Waals surface area (Å²) in [4.78, 5) is 15.5. The molecule has 1 aromatic carbocycles. The Balaban J connectivity index is 1.78. The molecule has 0 aliphatic heterocycles. The van der Waals surface area contributed by atoms with Crippen molar-refractivity contribution in [3.63, 3.8) is 0 Å². The summed E-state index contributed by atoms with van der Waals surface area (Å²) < 4.78 is 7.45. The van der Waals surface area contributed by atoms with E-state index in [-0.39, 0.29) is 11.5 Å². The van der Waals surface area contributed by atoms with Gasteiger partial charge in [0.1, 0.15) is 0 Å². The monoisotopic (exact) mass is 335 g/mol. The van der Waals surface area contributed by atoms with Crippen LogP contribution in [0.4, 0.5) is 0 Å². The lowest BCUT2D eigenvalue weighted by Crippen LogP contribution is -1.98. The first-order chi connectivity index (χ1) is 12.0. The molecule has 4 aromatic rings. The summed E-state index contributed by atoms with van der Waals surface area (Å²) in [5.74, 6) is -0.467. The van der Waals surface area contributed by atoms with E-state index >= 15 is 0 Å². The highest BCUT2D eigenvalue weighted by molar-refractivity contribution is 5.89. The molecule has 0 atom stereocenters. The zero-order valence-corrected chi connectivity index (χ0v) is 13.5. The Labute approximate surface area is 141 Å². The van der Waals surface area contributed by atoms with Gasteiger partial charge in [0.25, 0.3) is 5.89 Å². The lowest BCUT2D eigenvalue weighted by atomic mass is 10.1. The first kappa shape index (κ1) is 15.0. The Morgan fingerprint density at radius 1 is 1.16 bits per heavy atom. The molecular formula is C17H13N5O3. The number of carbonyl (C=O) groups is 1. The van der Waals surface area contributed by atoms with E-state index in [1.807, 2.05) is 19.9 Å². The fourth-order valence-corrected chi connectivity index (χ4v) is 2.61. The largest absolute Gasteiger partial charge is 0.478 e. The van der Waals surface area contributed by atoms with Gasteiger partial charge in [0.2, 0.25) is 5.89 Å². The molecule has 4 rings (SSSR count). The topological polar surface area (TPSA) is 106 Å². The number of fused-ring (bicyclic) bond motifs is 1. The zero-order chi connectivity index (χ0) is 17.6. The molecule has 0 saturated heterocycles. The quantitative estimate of drug-likeness (QED) is 0.613. The van der Waals surface area contributed by atoms with Crippen molar-refractivity contribution < 1.29 is 14.3 Å². The molecule has 8 heteroatoms. The molecule has 0 bridgehead atoms. The van der Waals surface area contributed by atoms with Gasteiger partial charge in [-0.1, -0.05) is 6.07 Å². The molecule has 0 amide bonds. The average Bonchev–Trinajstić information content (AvgIpc) is 3.22. The second-order valence-electron chi connectivity index (χ2n) is 5.61. The van der Waals surface area contributed by atoms with E-state index < -0.39 is 5.97 Å². The highest BCUT2D eigenvalue weighted by Crippen LogP contribution is 2.26. The number of carboxylic acids is 1. The first-order valence-corrected chi connectivity index (χ1v) is 7.52. The van der Waals surface area contributed by atoms with E-state index in [9.17, 15) is 4.79 Å². The highest BCUT2D eigenvalue weighted by Gasteiger charge is 2.16. The molecule has 0 aliphatic carbocycles. The standard InChI is InChI=1S/C17H13N5O3/c1-9-6-14-18-8-13(10(2)22(14)21-9)16-20-19-15(25-16)11-4-3-5-12(7-11)17(23)24/h3-8H,1-2H3,(H,23,24). The van der Waals surface area contributed by atoms with Crippen LogP contribution in [-0.4, -0.2) is 35.9 Å². The van der Waals surface area contributed by atoms with Crippen LogP contribution in [-0.2, 0) is 0 Å². The molecule has 8 nitrogen and oxygen atoms in total. The molecule has 0 aliphatic rings. The summed E-state index contributed by atoms with van der Waals surface area (Å²) in [5, 5.41) is 21.6. The Kier molecular flexibility index (Phi) is 3.31. The van der Waals surface area contributed by atoms with Crippen LogP contribution < -0.4 is 0 Å². The molecule has 0 saturated carbocycles. The van der Waals surface area contributed by atoms with Gasteiger partial charge in [-0.2, -0.15) is 5.10 Å². The third-order valence-electron chi connectivity index (χ3n) is 3.86. The number of aromatic carboxylic acids is 1. The van der Waals surface area contributed by atoms with E-state index in [1.165, 1.54) is 12.1 Å². The van der Waals surface area contributed by atoms with Crippen LogP contribution in [0.15, 0.2) is 40.9 Å². The van der Waals surface area contributed by atoms with Gasteiger partial charge < -0.3 is 9.52 Å². The maximum atomic E-state index is 11.1. The number of hydrogen-bond donors (Lipinski definition) is 1. The van der Waals surface area contributed by atoms with E-state index in [0.29, 0.717) is 17.0 Å². The van der Waals surface area contributed by atoms with Crippen LogP contribution in [0.5, 0.6) is 0 Å². The predicted octanol–water partition coefficient (Wildman–Crippen LogP) is 2.76. The van der Waals surface area contributed by atoms with E-state index in [1.54, 1.807) is 22.8 Å². The number of carboxylic acid groups (broad SMARTS) is 1. The van der Waals surface area contributed by atoms with Crippen molar-refractivity contribution in [2.75, 3.05) is 0 Å². The summed E-state index contributed by atoms with van der Waals surface area (Å²) in [5.41, 5.74) is 3.80. The summed E-state index contributed by atoms with van der Waals surface area (Å²) in [6.45, 7) is 3.79. The predicted molar refractivity (Wildman–Crippen MR) is 88.1 cm³/mol. The van der Waals surface area contributed by atoms with Crippen LogP contribution in [0.25, 0.3) is 28.6 Å². The molecule has 25 heavy (non-hydrogen) atoms. The Bertz CT molecular complexity index is 1110. The maximum absolute atomic E-state index is 11.1. The van der Waals surface area contributed by atoms with Gasteiger partial charge in [-0.05, 0) is 32.0 Å². The minimum absolute atomic E-state index is 0.156.